The van der Waals surface area contributed by atoms with Crippen LogP contribution in [0.25, 0.3) is 10.8 Å². The van der Waals surface area contributed by atoms with E-state index < -0.39 is 0 Å². The van der Waals surface area contributed by atoms with Crippen LogP contribution in [0.4, 0.5) is 11.8 Å². The van der Waals surface area contributed by atoms with Crippen LogP contribution in [0.1, 0.15) is 38.8 Å². The van der Waals surface area contributed by atoms with Gasteiger partial charge in [-0.3, -0.25) is 4.98 Å². The molecule has 136 valence electrons. The molecule has 6 nitrogen and oxygen atoms in total. The van der Waals surface area contributed by atoms with E-state index in [2.05, 4.69) is 40.2 Å². The molecule has 0 radical (unpaired) electrons. The van der Waals surface area contributed by atoms with E-state index in [1.807, 2.05) is 30.5 Å². The first-order valence-electron chi connectivity index (χ1n) is 9.05. The summed E-state index contributed by atoms with van der Waals surface area (Å²) in [7, 11) is 0. The summed E-state index contributed by atoms with van der Waals surface area (Å²) in [5.74, 6) is 1.46. The molecule has 0 spiro atoms. The van der Waals surface area contributed by atoms with Crippen molar-refractivity contribution in [3.05, 3.63) is 48.4 Å². The third kappa shape index (κ3) is 4.39. The Kier molecular flexibility index (Phi) is 5.84. The largest absolute Gasteiger partial charge is 0.482 e. The Balaban J connectivity index is 1.75. The lowest BCUT2D eigenvalue weighted by Gasteiger charge is -2.19. The summed E-state index contributed by atoms with van der Waals surface area (Å²) in [5.41, 5.74) is 6.61. The van der Waals surface area contributed by atoms with Crippen LogP contribution in [0.15, 0.2) is 42.7 Å². The number of ether oxygens (including phenoxy) is 1. The van der Waals surface area contributed by atoms with Gasteiger partial charge in [-0.15, -0.1) is 0 Å². The number of pyridine rings is 1. The van der Waals surface area contributed by atoms with Crippen LogP contribution in [0.2, 0.25) is 0 Å². The monoisotopic (exact) mass is 351 g/mol. The van der Waals surface area contributed by atoms with Gasteiger partial charge in [-0.25, -0.2) is 4.98 Å². The maximum atomic E-state index is 5.95. The molecule has 3 N–H and O–H groups in total. The molecule has 2 heterocycles. The molecule has 1 aromatic carbocycles. The van der Waals surface area contributed by atoms with Gasteiger partial charge in [0.15, 0.2) is 11.6 Å². The molecule has 3 aromatic rings. The van der Waals surface area contributed by atoms with Gasteiger partial charge >= 0.3 is 0 Å². The molecular weight excluding hydrogens is 326 g/mol. The predicted molar refractivity (Wildman–Crippen MR) is 105 cm³/mol. The summed E-state index contributed by atoms with van der Waals surface area (Å²) in [4.78, 5) is 12.8. The Hall–Kier alpha value is -2.89. The van der Waals surface area contributed by atoms with Crippen molar-refractivity contribution in [1.29, 1.82) is 0 Å². The Bertz CT molecular complexity index is 868. The lowest BCUT2D eigenvalue weighted by molar-refractivity contribution is 0.300. The van der Waals surface area contributed by atoms with Crippen LogP contribution in [0.5, 0.6) is 5.75 Å². The first kappa shape index (κ1) is 17.9. The zero-order valence-electron chi connectivity index (χ0n) is 15.3. The molecule has 0 bridgehead atoms. The number of hydrogen-bond donors (Lipinski definition) is 2. The minimum Gasteiger partial charge on any atom is -0.482 e. The van der Waals surface area contributed by atoms with E-state index >= 15 is 0 Å². The molecule has 1 atom stereocenters. The highest BCUT2D eigenvalue weighted by molar-refractivity contribution is 5.81. The lowest BCUT2D eigenvalue weighted by atomic mass is 10.1. The molecule has 0 saturated heterocycles. The predicted octanol–water partition coefficient (Wildman–Crippen LogP) is 4.18. The van der Waals surface area contributed by atoms with E-state index in [-0.39, 0.29) is 5.95 Å². The normalized spacial score (nSPS) is 12.1. The molecular formula is C20H25N5O. The van der Waals surface area contributed by atoms with Crippen LogP contribution in [-0.2, 0) is 6.61 Å². The van der Waals surface area contributed by atoms with Crippen molar-refractivity contribution in [3.8, 4) is 5.75 Å². The fraction of sp³-hybridized carbons (Fsp3) is 0.350. The molecule has 0 aliphatic rings. The summed E-state index contributed by atoms with van der Waals surface area (Å²) in [6.07, 6.45) is 6.64. The Morgan fingerprint density at radius 3 is 2.69 bits per heavy atom. The average molecular weight is 351 g/mol. The molecule has 2 aromatic heterocycles. The fourth-order valence-electron chi connectivity index (χ4n) is 2.87. The topological polar surface area (TPSA) is 86.0 Å². The van der Waals surface area contributed by atoms with E-state index in [1.165, 1.54) is 0 Å². The molecule has 0 amide bonds. The standard InChI is InChI=1S/C20H25N5O/c1-3-7-16(4-2)24-19-18(12-23-20(21)25-19)26-13-17-10-14-8-5-6-9-15(14)11-22-17/h5-6,8-12,16H,3-4,7,13H2,1-2H3,(H3,21,23,24,25). The molecule has 0 saturated carbocycles. The quantitative estimate of drug-likeness (QED) is 0.633. The summed E-state index contributed by atoms with van der Waals surface area (Å²) >= 11 is 0. The number of anilines is 2. The zero-order valence-corrected chi connectivity index (χ0v) is 15.3. The van der Waals surface area contributed by atoms with Crippen molar-refractivity contribution in [2.24, 2.45) is 0 Å². The maximum absolute atomic E-state index is 5.95. The highest BCUT2D eigenvalue weighted by atomic mass is 16.5. The van der Waals surface area contributed by atoms with E-state index in [9.17, 15) is 0 Å². The summed E-state index contributed by atoms with van der Waals surface area (Å²) in [5, 5.41) is 5.68. The van der Waals surface area contributed by atoms with Gasteiger partial charge in [-0.05, 0) is 24.3 Å². The van der Waals surface area contributed by atoms with Crippen molar-refractivity contribution in [2.45, 2.75) is 45.8 Å². The van der Waals surface area contributed by atoms with Crippen molar-refractivity contribution in [3.63, 3.8) is 0 Å². The summed E-state index contributed by atoms with van der Waals surface area (Å²) in [6.45, 7) is 4.66. The Morgan fingerprint density at radius 2 is 1.92 bits per heavy atom. The maximum Gasteiger partial charge on any atom is 0.222 e. The Morgan fingerprint density at radius 1 is 1.12 bits per heavy atom. The van der Waals surface area contributed by atoms with Crippen molar-refractivity contribution < 1.29 is 4.74 Å². The van der Waals surface area contributed by atoms with Gasteiger partial charge in [0.25, 0.3) is 0 Å². The van der Waals surface area contributed by atoms with Crippen LogP contribution in [0.3, 0.4) is 0 Å². The summed E-state index contributed by atoms with van der Waals surface area (Å²) < 4.78 is 5.95. The van der Waals surface area contributed by atoms with Crippen molar-refractivity contribution >= 4 is 22.5 Å². The number of nitrogens with one attached hydrogen (secondary N) is 1. The number of nitrogen functional groups attached to an aromatic ring is 1. The molecule has 0 fully saturated rings. The van der Waals surface area contributed by atoms with Crippen LogP contribution >= 0.6 is 0 Å². The first-order chi connectivity index (χ1) is 12.7. The van der Waals surface area contributed by atoms with Crippen LogP contribution < -0.4 is 15.8 Å². The highest BCUT2D eigenvalue weighted by Gasteiger charge is 2.13. The number of nitrogens with two attached hydrogens (primary N) is 1. The van der Waals surface area contributed by atoms with Gasteiger partial charge in [0.05, 0.1) is 11.9 Å². The summed E-state index contributed by atoms with van der Waals surface area (Å²) in [6, 6.07) is 10.5. The van der Waals surface area contributed by atoms with Crippen LogP contribution in [-0.4, -0.2) is 21.0 Å². The first-order valence-corrected chi connectivity index (χ1v) is 9.05. The second-order valence-corrected chi connectivity index (χ2v) is 6.29. The average Bonchev–Trinajstić information content (AvgIpc) is 2.67. The highest BCUT2D eigenvalue weighted by Crippen LogP contribution is 2.25. The molecule has 6 heteroatoms. The Labute approximate surface area is 153 Å². The molecule has 0 aliphatic carbocycles. The molecule has 3 rings (SSSR count). The van der Waals surface area contributed by atoms with Gasteiger partial charge in [0.2, 0.25) is 5.95 Å². The second-order valence-electron chi connectivity index (χ2n) is 6.29. The van der Waals surface area contributed by atoms with Crippen molar-refractivity contribution in [1.82, 2.24) is 15.0 Å². The number of rotatable bonds is 8. The second kappa shape index (κ2) is 8.47. The number of hydrogen-bond acceptors (Lipinski definition) is 6. The molecule has 0 aliphatic heterocycles. The third-order valence-corrected chi connectivity index (χ3v) is 4.31. The van der Waals surface area contributed by atoms with E-state index in [4.69, 9.17) is 10.5 Å². The number of fused-ring (bicyclic) bond motifs is 1. The van der Waals surface area contributed by atoms with Gasteiger partial charge in [-0.2, -0.15) is 4.98 Å². The minimum atomic E-state index is 0.232. The van der Waals surface area contributed by atoms with Gasteiger partial charge in [0.1, 0.15) is 6.61 Å². The number of nitrogens with zero attached hydrogens (tertiary/aromatic N) is 3. The van der Waals surface area contributed by atoms with E-state index in [1.54, 1.807) is 6.20 Å². The minimum absolute atomic E-state index is 0.232. The molecule has 26 heavy (non-hydrogen) atoms. The molecule has 1 unspecified atom stereocenters. The number of aromatic nitrogens is 3. The number of benzene rings is 1. The van der Waals surface area contributed by atoms with Gasteiger partial charge in [-0.1, -0.05) is 44.5 Å². The third-order valence-electron chi connectivity index (χ3n) is 4.31. The van der Waals surface area contributed by atoms with E-state index in [0.717, 1.165) is 35.7 Å². The van der Waals surface area contributed by atoms with Gasteiger partial charge in [0, 0.05) is 17.6 Å². The fourth-order valence-corrected chi connectivity index (χ4v) is 2.87. The SMILES string of the molecule is CCCC(CC)Nc1nc(N)ncc1OCc1cc2ccccc2cn1. The van der Waals surface area contributed by atoms with E-state index in [0.29, 0.717) is 24.2 Å². The van der Waals surface area contributed by atoms with Gasteiger partial charge < -0.3 is 15.8 Å². The smallest absolute Gasteiger partial charge is 0.222 e. The zero-order chi connectivity index (χ0) is 18.4. The lowest BCUT2D eigenvalue weighted by Crippen LogP contribution is -2.20. The van der Waals surface area contributed by atoms with Crippen LogP contribution in [0, 0.1) is 0 Å². The van der Waals surface area contributed by atoms with Crippen molar-refractivity contribution in [2.75, 3.05) is 11.1 Å².